The van der Waals surface area contributed by atoms with Crippen LogP contribution in [0, 0.1) is 0 Å². The summed E-state index contributed by atoms with van der Waals surface area (Å²) in [4.78, 5) is 23.9. The molecule has 1 saturated carbocycles. The topological polar surface area (TPSA) is 92.8 Å². The summed E-state index contributed by atoms with van der Waals surface area (Å²) < 4.78 is 7.50. The Hall–Kier alpha value is -4.30. The van der Waals surface area contributed by atoms with Gasteiger partial charge >= 0.3 is 5.97 Å². The Morgan fingerprint density at radius 3 is 2.47 bits per heavy atom. The minimum Gasteiger partial charge on any atom is -0.478 e. The number of benzene rings is 2. The molecule has 1 N–H and O–H groups in total. The number of hydrogen-bond acceptors (Lipinski definition) is 6. The monoisotopic (exact) mass is 505 g/mol. The van der Waals surface area contributed by atoms with Crippen LogP contribution in [-0.2, 0) is 4.74 Å². The lowest BCUT2D eigenvalue weighted by Crippen LogP contribution is -2.36. The lowest BCUT2D eigenvalue weighted by atomic mass is 9.71. The van der Waals surface area contributed by atoms with E-state index < -0.39 is 5.97 Å². The van der Waals surface area contributed by atoms with Gasteiger partial charge < -0.3 is 14.7 Å². The number of aromatic nitrogens is 4. The molecular weight excluding hydrogens is 478 g/mol. The molecule has 5 aromatic rings. The van der Waals surface area contributed by atoms with Crippen LogP contribution < -0.4 is 4.90 Å². The third-order valence-electron chi connectivity index (χ3n) is 7.85. The van der Waals surface area contributed by atoms with E-state index in [-0.39, 0.29) is 11.5 Å². The van der Waals surface area contributed by atoms with Gasteiger partial charge in [0, 0.05) is 41.6 Å². The summed E-state index contributed by atoms with van der Waals surface area (Å²) in [5, 5.41) is 15.3. The second kappa shape index (κ2) is 9.22. The van der Waals surface area contributed by atoms with Gasteiger partial charge in [-0.15, -0.1) is 0 Å². The zero-order valence-electron chi connectivity index (χ0n) is 20.8. The average Bonchev–Trinajstić information content (AvgIpc) is 3.32. The molecular formula is C30H27N5O3. The SMILES string of the molecule is O=C(O)c1ccc(-c2c([C@H]3C[C@H](c4ccc5ccccc5n4)C3)nc3c(N4CCOCC4)ccnn23)cc1. The number of rotatable bonds is 5. The predicted octanol–water partition coefficient (Wildman–Crippen LogP) is 5.14. The number of carbonyl (C=O) groups is 1. The molecule has 8 heteroatoms. The molecule has 8 nitrogen and oxygen atoms in total. The first-order valence-electron chi connectivity index (χ1n) is 13.1. The van der Waals surface area contributed by atoms with Crippen LogP contribution in [0.4, 0.5) is 5.69 Å². The standard InChI is InChI=1S/C30H27N5O3/c36-30(37)21-7-5-20(6-8-21)28-27(33-29-26(11-12-31-35(28)29)34-13-15-38-16-14-34)23-17-22(18-23)25-10-9-19-3-1-2-4-24(19)32-25/h1-12,22-23H,13-18H2,(H,36,37)/t22-,23-. The van der Waals surface area contributed by atoms with Crippen molar-refractivity contribution in [1.82, 2.24) is 19.6 Å². The van der Waals surface area contributed by atoms with Crippen molar-refractivity contribution in [2.45, 2.75) is 24.7 Å². The average molecular weight is 506 g/mol. The van der Waals surface area contributed by atoms with Gasteiger partial charge in [0.25, 0.3) is 0 Å². The molecule has 4 heterocycles. The lowest BCUT2D eigenvalue weighted by molar-refractivity contribution is 0.0697. The highest BCUT2D eigenvalue weighted by Crippen LogP contribution is 2.49. The third-order valence-corrected chi connectivity index (χ3v) is 7.85. The van der Waals surface area contributed by atoms with E-state index in [0.717, 1.165) is 70.8 Å². The van der Waals surface area contributed by atoms with Crippen molar-refractivity contribution >= 4 is 28.2 Å². The molecule has 0 amide bonds. The number of anilines is 1. The van der Waals surface area contributed by atoms with Crippen LogP contribution in [0.3, 0.4) is 0 Å². The molecule has 0 radical (unpaired) electrons. The molecule has 1 saturated heterocycles. The van der Waals surface area contributed by atoms with Crippen molar-refractivity contribution < 1.29 is 14.6 Å². The van der Waals surface area contributed by atoms with Crippen LogP contribution in [0.2, 0.25) is 0 Å². The van der Waals surface area contributed by atoms with Crippen molar-refractivity contribution in [3.8, 4) is 11.3 Å². The minimum atomic E-state index is -0.938. The number of fused-ring (bicyclic) bond motifs is 2. The molecule has 1 aliphatic carbocycles. The number of hydrogen-bond donors (Lipinski definition) is 1. The van der Waals surface area contributed by atoms with Gasteiger partial charge in [-0.25, -0.2) is 14.3 Å². The first-order valence-corrected chi connectivity index (χ1v) is 13.1. The van der Waals surface area contributed by atoms with Crippen molar-refractivity contribution in [3.05, 3.63) is 89.9 Å². The first kappa shape index (κ1) is 22.9. The lowest BCUT2D eigenvalue weighted by Gasteiger charge is -2.34. The first-order chi connectivity index (χ1) is 18.7. The number of para-hydroxylation sites is 1. The molecule has 0 bridgehead atoms. The number of carboxylic acid groups (broad SMARTS) is 1. The van der Waals surface area contributed by atoms with Gasteiger partial charge in [0.2, 0.25) is 0 Å². The molecule has 2 aromatic carbocycles. The molecule has 38 heavy (non-hydrogen) atoms. The van der Waals surface area contributed by atoms with Crippen LogP contribution >= 0.6 is 0 Å². The predicted molar refractivity (Wildman–Crippen MR) is 145 cm³/mol. The Kier molecular flexibility index (Phi) is 5.55. The molecule has 0 unspecified atom stereocenters. The van der Waals surface area contributed by atoms with E-state index in [9.17, 15) is 9.90 Å². The smallest absolute Gasteiger partial charge is 0.335 e. The summed E-state index contributed by atoms with van der Waals surface area (Å²) >= 11 is 0. The molecule has 1 aliphatic heterocycles. The van der Waals surface area contributed by atoms with Crippen LogP contribution in [0.1, 0.15) is 46.4 Å². The summed E-state index contributed by atoms with van der Waals surface area (Å²) in [6.07, 6.45) is 3.74. The highest BCUT2D eigenvalue weighted by molar-refractivity contribution is 5.88. The summed E-state index contributed by atoms with van der Waals surface area (Å²) in [6, 6.07) is 21.6. The fraction of sp³-hybridized carbons (Fsp3) is 0.267. The number of aromatic carboxylic acids is 1. The number of carboxylic acids is 1. The van der Waals surface area contributed by atoms with Crippen molar-refractivity contribution in [2.24, 2.45) is 0 Å². The van der Waals surface area contributed by atoms with Crippen LogP contribution in [0.15, 0.2) is 72.9 Å². The Bertz CT molecular complexity index is 1650. The fourth-order valence-corrected chi connectivity index (χ4v) is 5.72. The summed E-state index contributed by atoms with van der Waals surface area (Å²) in [5.41, 5.74) is 7.15. The fourth-order valence-electron chi connectivity index (χ4n) is 5.72. The van der Waals surface area contributed by atoms with E-state index >= 15 is 0 Å². The Balaban J connectivity index is 1.28. The zero-order valence-corrected chi connectivity index (χ0v) is 20.8. The van der Waals surface area contributed by atoms with Crippen molar-refractivity contribution in [1.29, 1.82) is 0 Å². The third kappa shape index (κ3) is 3.88. The second-order valence-electron chi connectivity index (χ2n) is 10.1. The van der Waals surface area contributed by atoms with Crippen LogP contribution in [-0.4, -0.2) is 57.0 Å². The van der Waals surface area contributed by atoms with Crippen LogP contribution in [0.5, 0.6) is 0 Å². The number of ether oxygens (including phenoxy) is 1. The number of imidazole rings is 1. The molecule has 2 aliphatic rings. The summed E-state index contributed by atoms with van der Waals surface area (Å²) in [7, 11) is 0. The van der Waals surface area contributed by atoms with Crippen LogP contribution in [0.25, 0.3) is 27.8 Å². The maximum Gasteiger partial charge on any atom is 0.335 e. The van der Waals surface area contributed by atoms with E-state index in [1.165, 1.54) is 0 Å². The molecule has 0 spiro atoms. The molecule has 7 rings (SSSR count). The van der Waals surface area contributed by atoms with Gasteiger partial charge in [-0.2, -0.15) is 5.10 Å². The number of pyridine rings is 1. The Morgan fingerprint density at radius 2 is 1.68 bits per heavy atom. The number of morpholine rings is 1. The van der Waals surface area contributed by atoms with Crippen molar-refractivity contribution in [2.75, 3.05) is 31.2 Å². The quantitative estimate of drug-likeness (QED) is 0.354. The molecule has 2 fully saturated rings. The Labute approximate surface area is 219 Å². The molecule has 190 valence electrons. The van der Waals surface area contributed by atoms with E-state index in [2.05, 4.69) is 29.2 Å². The minimum absolute atomic E-state index is 0.261. The van der Waals surface area contributed by atoms with E-state index in [1.807, 2.05) is 41.0 Å². The highest BCUT2D eigenvalue weighted by Gasteiger charge is 2.37. The maximum absolute atomic E-state index is 11.5. The largest absolute Gasteiger partial charge is 0.478 e. The van der Waals surface area contributed by atoms with Gasteiger partial charge in [-0.05, 0) is 43.2 Å². The van der Waals surface area contributed by atoms with Gasteiger partial charge in [0.1, 0.15) is 0 Å². The molecule has 3 aromatic heterocycles. The van der Waals surface area contributed by atoms with Gasteiger partial charge in [0.05, 0.1) is 47.6 Å². The second-order valence-corrected chi connectivity index (χ2v) is 10.1. The van der Waals surface area contributed by atoms with E-state index in [0.29, 0.717) is 19.1 Å². The Morgan fingerprint density at radius 1 is 0.895 bits per heavy atom. The van der Waals surface area contributed by atoms with Gasteiger partial charge in [-0.3, -0.25) is 4.98 Å². The van der Waals surface area contributed by atoms with E-state index in [4.69, 9.17) is 19.8 Å². The van der Waals surface area contributed by atoms with Crippen molar-refractivity contribution in [3.63, 3.8) is 0 Å². The maximum atomic E-state index is 11.5. The van der Waals surface area contributed by atoms with Gasteiger partial charge in [0.15, 0.2) is 5.65 Å². The molecule has 0 atom stereocenters. The summed E-state index contributed by atoms with van der Waals surface area (Å²) in [6.45, 7) is 3.00. The van der Waals surface area contributed by atoms with Gasteiger partial charge in [-0.1, -0.05) is 36.4 Å². The normalized spacial score (nSPS) is 19.5. The summed E-state index contributed by atoms with van der Waals surface area (Å²) in [5.74, 6) is -0.294. The zero-order chi connectivity index (χ0) is 25.6. The highest BCUT2D eigenvalue weighted by atomic mass is 16.5. The number of nitrogens with zero attached hydrogens (tertiary/aromatic N) is 5. The van der Waals surface area contributed by atoms with E-state index in [1.54, 1.807) is 12.1 Å².